The lowest BCUT2D eigenvalue weighted by Gasteiger charge is -2.07. The lowest BCUT2D eigenvalue weighted by molar-refractivity contribution is 0.000783. The molecule has 0 atom stereocenters. The van der Waals surface area contributed by atoms with Gasteiger partial charge in [-0.1, -0.05) is 45.1 Å². The third-order valence-electron chi connectivity index (χ3n) is 2.81. The first-order valence-corrected chi connectivity index (χ1v) is 7.54. The minimum atomic E-state index is 0.0601. The van der Waals surface area contributed by atoms with E-state index in [0.717, 1.165) is 12.1 Å². The van der Waals surface area contributed by atoms with Gasteiger partial charge in [-0.15, -0.1) is 0 Å². The minimum Gasteiger partial charge on any atom is -0.394 e. The number of hydrogen-bond donors (Lipinski definition) is 2. The normalized spacial score (nSPS) is 11.8. The fraction of sp³-hybridized carbons (Fsp3) is 0.867. The maximum absolute atomic E-state index is 8.51. The molecule has 0 fully saturated rings. The Morgan fingerprint density at radius 3 is 2.53 bits per heavy atom. The van der Waals surface area contributed by atoms with Gasteiger partial charge in [0.2, 0.25) is 0 Å². The molecule has 0 aromatic heterocycles. The number of unbranched alkanes of at least 4 members (excludes halogenated alkanes) is 6. The van der Waals surface area contributed by atoms with E-state index in [-0.39, 0.29) is 6.61 Å². The molecule has 0 heterocycles. The van der Waals surface area contributed by atoms with Crippen molar-refractivity contribution < 1.29 is 14.7 Å². The second kappa shape index (κ2) is 15.5. The topological polar surface area (TPSA) is 50.7 Å². The molecule has 4 heteroatoms. The van der Waals surface area contributed by atoms with Crippen LogP contribution in [0, 0.1) is 0 Å². The summed E-state index contributed by atoms with van der Waals surface area (Å²) in [4.78, 5) is 5.23. The molecule has 0 bridgehead atoms. The highest BCUT2D eigenvalue weighted by Gasteiger charge is 1.92. The monoisotopic (exact) mass is 273 g/mol. The van der Waals surface area contributed by atoms with E-state index in [2.05, 4.69) is 18.5 Å². The highest BCUT2D eigenvalue weighted by molar-refractivity contribution is 4.92. The molecule has 0 rings (SSSR count). The Morgan fingerprint density at radius 1 is 1.05 bits per heavy atom. The lowest BCUT2D eigenvalue weighted by atomic mass is 10.1. The van der Waals surface area contributed by atoms with Crippen LogP contribution in [-0.2, 0) is 9.57 Å². The van der Waals surface area contributed by atoms with Crippen molar-refractivity contribution in [2.45, 2.75) is 58.8 Å². The van der Waals surface area contributed by atoms with Gasteiger partial charge in [0.05, 0.1) is 26.4 Å². The number of nitrogens with one attached hydrogen (secondary N) is 1. The van der Waals surface area contributed by atoms with Crippen molar-refractivity contribution in [3.8, 4) is 0 Å². The standard InChI is InChI=1S/C15H31NO3/c1-3-4-5-6-7-8-9-10-15(2)16-19-14-13-18-12-11-17/h10,16-17H,3-9,11-14H2,1-2H3. The number of hydrogen-bond acceptors (Lipinski definition) is 4. The fourth-order valence-corrected chi connectivity index (χ4v) is 1.72. The molecule has 0 aliphatic rings. The largest absolute Gasteiger partial charge is 0.394 e. The van der Waals surface area contributed by atoms with E-state index < -0.39 is 0 Å². The second-order valence-electron chi connectivity index (χ2n) is 4.73. The van der Waals surface area contributed by atoms with Crippen LogP contribution in [-0.4, -0.2) is 31.5 Å². The van der Waals surface area contributed by atoms with Crippen LogP contribution in [0.4, 0.5) is 0 Å². The van der Waals surface area contributed by atoms with Crippen LogP contribution < -0.4 is 5.48 Å². The Hall–Kier alpha value is -0.580. The summed E-state index contributed by atoms with van der Waals surface area (Å²) in [6.45, 7) is 5.67. The summed E-state index contributed by atoms with van der Waals surface area (Å²) in [5.41, 5.74) is 3.94. The molecule has 0 aromatic carbocycles. The Kier molecular flexibility index (Phi) is 15.0. The van der Waals surface area contributed by atoms with Crippen molar-refractivity contribution in [3.05, 3.63) is 11.8 Å². The summed E-state index contributed by atoms with van der Waals surface area (Å²) in [5.74, 6) is 0. The summed E-state index contributed by atoms with van der Waals surface area (Å²) in [6, 6.07) is 0. The maximum atomic E-state index is 8.51. The van der Waals surface area contributed by atoms with Crippen molar-refractivity contribution >= 4 is 0 Å². The quantitative estimate of drug-likeness (QED) is 0.377. The van der Waals surface area contributed by atoms with E-state index in [1.54, 1.807) is 0 Å². The number of rotatable bonds is 14. The molecular weight excluding hydrogens is 242 g/mol. The highest BCUT2D eigenvalue weighted by atomic mass is 16.7. The van der Waals surface area contributed by atoms with Crippen LogP contribution in [0.3, 0.4) is 0 Å². The van der Waals surface area contributed by atoms with Crippen LogP contribution in [0.25, 0.3) is 0 Å². The molecule has 114 valence electrons. The van der Waals surface area contributed by atoms with E-state index in [1.165, 1.54) is 38.5 Å². The second-order valence-corrected chi connectivity index (χ2v) is 4.73. The van der Waals surface area contributed by atoms with E-state index >= 15 is 0 Å². The van der Waals surface area contributed by atoms with Crippen LogP contribution in [0.1, 0.15) is 58.8 Å². The third kappa shape index (κ3) is 15.4. The van der Waals surface area contributed by atoms with Crippen LogP contribution in [0.15, 0.2) is 11.8 Å². The first kappa shape index (κ1) is 18.4. The molecule has 0 aromatic rings. The molecule has 0 amide bonds. The van der Waals surface area contributed by atoms with Gasteiger partial charge in [-0.05, 0) is 19.8 Å². The average Bonchev–Trinajstić information content (AvgIpc) is 2.41. The Morgan fingerprint density at radius 2 is 1.79 bits per heavy atom. The van der Waals surface area contributed by atoms with Gasteiger partial charge in [-0.2, -0.15) is 0 Å². The van der Waals surface area contributed by atoms with Crippen molar-refractivity contribution in [1.82, 2.24) is 5.48 Å². The number of ether oxygens (including phenoxy) is 1. The van der Waals surface area contributed by atoms with E-state index in [1.807, 2.05) is 6.92 Å². The van der Waals surface area contributed by atoms with Crippen molar-refractivity contribution in [2.75, 3.05) is 26.4 Å². The van der Waals surface area contributed by atoms with Gasteiger partial charge in [0.1, 0.15) is 0 Å². The molecule has 0 saturated heterocycles. The third-order valence-corrected chi connectivity index (χ3v) is 2.81. The highest BCUT2D eigenvalue weighted by Crippen LogP contribution is 2.07. The summed E-state index contributed by atoms with van der Waals surface area (Å²) in [5, 5.41) is 8.51. The Balaban J connectivity index is 3.25. The predicted octanol–water partition coefficient (Wildman–Crippen LogP) is 3.17. The molecule has 4 nitrogen and oxygen atoms in total. The molecule has 0 aliphatic carbocycles. The van der Waals surface area contributed by atoms with Gasteiger partial charge < -0.3 is 9.84 Å². The van der Waals surface area contributed by atoms with Gasteiger partial charge in [-0.3, -0.25) is 10.3 Å². The predicted molar refractivity (Wildman–Crippen MR) is 78.7 cm³/mol. The number of hydroxylamine groups is 1. The number of aliphatic hydroxyl groups excluding tert-OH is 1. The van der Waals surface area contributed by atoms with Crippen molar-refractivity contribution in [1.29, 1.82) is 0 Å². The van der Waals surface area contributed by atoms with Gasteiger partial charge in [0.25, 0.3) is 0 Å². The van der Waals surface area contributed by atoms with E-state index in [4.69, 9.17) is 14.7 Å². The van der Waals surface area contributed by atoms with Gasteiger partial charge >= 0.3 is 0 Å². The van der Waals surface area contributed by atoms with Gasteiger partial charge in [-0.25, -0.2) is 0 Å². The van der Waals surface area contributed by atoms with Gasteiger partial charge in [0, 0.05) is 5.70 Å². The maximum Gasteiger partial charge on any atom is 0.0979 e. The summed E-state index contributed by atoms with van der Waals surface area (Å²) in [7, 11) is 0. The van der Waals surface area contributed by atoms with Crippen LogP contribution in [0.2, 0.25) is 0 Å². The lowest BCUT2D eigenvalue weighted by Crippen LogP contribution is -2.16. The summed E-state index contributed by atoms with van der Waals surface area (Å²) < 4.78 is 5.08. The Bertz CT molecular complexity index is 208. The minimum absolute atomic E-state index is 0.0601. The molecule has 0 radical (unpaired) electrons. The number of allylic oxidation sites excluding steroid dienone is 2. The zero-order valence-electron chi connectivity index (χ0n) is 12.6. The first-order chi connectivity index (χ1) is 9.31. The SMILES string of the molecule is CCCCCCCCC=C(C)NOCCOCCO. The fourth-order valence-electron chi connectivity index (χ4n) is 1.72. The summed E-state index contributed by atoms with van der Waals surface area (Å²) in [6.07, 6.45) is 11.2. The zero-order chi connectivity index (χ0) is 14.2. The van der Waals surface area contributed by atoms with E-state index in [9.17, 15) is 0 Å². The van der Waals surface area contributed by atoms with Crippen molar-refractivity contribution in [2.24, 2.45) is 0 Å². The smallest absolute Gasteiger partial charge is 0.0979 e. The molecular formula is C15H31NO3. The molecule has 0 spiro atoms. The van der Waals surface area contributed by atoms with E-state index in [0.29, 0.717) is 19.8 Å². The summed E-state index contributed by atoms with van der Waals surface area (Å²) >= 11 is 0. The van der Waals surface area contributed by atoms with Crippen LogP contribution in [0.5, 0.6) is 0 Å². The molecule has 0 saturated carbocycles. The first-order valence-electron chi connectivity index (χ1n) is 7.54. The Labute approximate surface area is 118 Å². The molecule has 0 aliphatic heterocycles. The van der Waals surface area contributed by atoms with Gasteiger partial charge in [0.15, 0.2) is 0 Å². The molecule has 19 heavy (non-hydrogen) atoms. The average molecular weight is 273 g/mol. The van der Waals surface area contributed by atoms with Crippen LogP contribution >= 0.6 is 0 Å². The molecule has 2 N–H and O–H groups in total. The van der Waals surface area contributed by atoms with Crippen molar-refractivity contribution in [3.63, 3.8) is 0 Å². The number of aliphatic hydroxyl groups is 1. The zero-order valence-corrected chi connectivity index (χ0v) is 12.6. The molecule has 0 unspecified atom stereocenters.